The van der Waals surface area contributed by atoms with Crippen LogP contribution in [0.15, 0.2) is 41.0 Å². The van der Waals surface area contributed by atoms with Crippen molar-refractivity contribution in [2.75, 3.05) is 10.6 Å². The zero-order valence-electron chi connectivity index (χ0n) is 11.1. The SMILES string of the molecule is NC(=O)c1ccc(N)cc1N(Cc1ccco1)C1CC1. The van der Waals surface area contributed by atoms with Crippen LogP contribution in [-0.4, -0.2) is 11.9 Å². The largest absolute Gasteiger partial charge is 0.467 e. The molecule has 20 heavy (non-hydrogen) atoms. The molecule has 5 heteroatoms. The number of hydrogen-bond acceptors (Lipinski definition) is 4. The second-order valence-corrected chi connectivity index (χ2v) is 5.08. The normalized spacial score (nSPS) is 14.2. The monoisotopic (exact) mass is 271 g/mol. The van der Waals surface area contributed by atoms with E-state index in [1.807, 2.05) is 12.1 Å². The number of benzene rings is 1. The van der Waals surface area contributed by atoms with E-state index >= 15 is 0 Å². The van der Waals surface area contributed by atoms with Gasteiger partial charge in [-0.15, -0.1) is 0 Å². The molecule has 1 aliphatic carbocycles. The molecule has 1 saturated carbocycles. The Kier molecular flexibility index (Phi) is 3.10. The molecule has 0 unspecified atom stereocenters. The number of carbonyl (C=O) groups is 1. The lowest BCUT2D eigenvalue weighted by Gasteiger charge is -2.25. The molecule has 0 aliphatic heterocycles. The summed E-state index contributed by atoms with van der Waals surface area (Å²) in [5.41, 5.74) is 13.2. The average Bonchev–Trinajstić information content (AvgIpc) is 3.12. The number of amides is 1. The van der Waals surface area contributed by atoms with E-state index in [1.54, 1.807) is 24.5 Å². The van der Waals surface area contributed by atoms with Gasteiger partial charge >= 0.3 is 0 Å². The summed E-state index contributed by atoms with van der Waals surface area (Å²) in [6.07, 6.45) is 3.86. The number of furan rings is 1. The summed E-state index contributed by atoms with van der Waals surface area (Å²) in [5, 5.41) is 0. The van der Waals surface area contributed by atoms with Gasteiger partial charge in [-0.1, -0.05) is 0 Å². The molecular weight excluding hydrogens is 254 g/mol. The quantitative estimate of drug-likeness (QED) is 0.816. The number of hydrogen-bond donors (Lipinski definition) is 2. The minimum Gasteiger partial charge on any atom is -0.467 e. The number of rotatable bonds is 5. The highest BCUT2D eigenvalue weighted by molar-refractivity contribution is 5.99. The first-order valence-electron chi connectivity index (χ1n) is 6.63. The molecule has 2 aromatic rings. The lowest BCUT2D eigenvalue weighted by atomic mass is 10.1. The molecule has 1 aromatic heterocycles. The summed E-state index contributed by atoms with van der Waals surface area (Å²) < 4.78 is 5.40. The second kappa shape index (κ2) is 4.92. The number of nitrogens with zero attached hydrogens (tertiary/aromatic N) is 1. The van der Waals surface area contributed by atoms with Crippen molar-refractivity contribution in [1.29, 1.82) is 0 Å². The van der Waals surface area contributed by atoms with E-state index in [-0.39, 0.29) is 0 Å². The van der Waals surface area contributed by atoms with Crippen LogP contribution < -0.4 is 16.4 Å². The first-order valence-corrected chi connectivity index (χ1v) is 6.63. The van der Waals surface area contributed by atoms with Crippen LogP contribution in [0.3, 0.4) is 0 Å². The van der Waals surface area contributed by atoms with Crippen LogP contribution in [0.2, 0.25) is 0 Å². The van der Waals surface area contributed by atoms with Crippen molar-refractivity contribution in [3.05, 3.63) is 47.9 Å². The number of nitrogen functional groups attached to an aromatic ring is 1. The lowest BCUT2D eigenvalue weighted by Crippen LogP contribution is -2.28. The molecule has 104 valence electrons. The van der Waals surface area contributed by atoms with E-state index in [0.717, 1.165) is 24.3 Å². The topological polar surface area (TPSA) is 85.5 Å². The Morgan fingerprint density at radius 1 is 1.35 bits per heavy atom. The fourth-order valence-electron chi connectivity index (χ4n) is 2.36. The number of nitrogens with two attached hydrogens (primary N) is 2. The Hall–Kier alpha value is -2.43. The third-order valence-electron chi connectivity index (χ3n) is 3.49. The Labute approximate surface area is 117 Å². The van der Waals surface area contributed by atoms with Gasteiger partial charge in [0, 0.05) is 11.7 Å². The highest BCUT2D eigenvalue weighted by Gasteiger charge is 2.31. The van der Waals surface area contributed by atoms with E-state index < -0.39 is 5.91 Å². The molecule has 5 nitrogen and oxygen atoms in total. The third kappa shape index (κ3) is 2.47. The number of carbonyl (C=O) groups excluding carboxylic acids is 1. The van der Waals surface area contributed by atoms with Gasteiger partial charge in [-0.2, -0.15) is 0 Å². The standard InChI is InChI=1S/C15H17N3O2/c16-10-3-6-13(15(17)19)14(8-10)18(11-4-5-11)9-12-2-1-7-20-12/h1-3,6-8,11H,4-5,9,16H2,(H2,17,19). The Morgan fingerprint density at radius 3 is 2.75 bits per heavy atom. The van der Waals surface area contributed by atoms with E-state index in [2.05, 4.69) is 4.90 Å². The van der Waals surface area contributed by atoms with Gasteiger partial charge in [0.2, 0.25) is 0 Å². The van der Waals surface area contributed by atoms with Gasteiger partial charge in [0.25, 0.3) is 5.91 Å². The first kappa shape index (κ1) is 12.6. The molecule has 1 aliphatic rings. The van der Waals surface area contributed by atoms with E-state index in [1.165, 1.54) is 0 Å². The van der Waals surface area contributed by atoms with Crippen LogP contribution in [0.4, 0.5) is 11.4 Å². The fraction of sp³-hybridized carbons (Fsp3) is 0.267. The minimum absolute atomic E-state index is 0.417. The molecule has 0 bridgehead atoms. The van der Waals surface area contributed by atoms with Crippen LogP contribution in [0.25, 0.3) is 0 Å². The zero-order valence-corrected chi connectivity index (χ0v) is 11.1. The smallest absolute Gasteiger partial charge is 0.250 e. The van der Waals surface area contributed by atoms with Gasteiger partial charge in [0.05, 0.1) is 24.1 Å². The Bertz CT molecular complexity index is 618. The molecule has 0 spiro atoms. The van der Waals surface area contributed by atoms with Crippen molar-refractivity contribution in [3.8, 4) is 0 Å². The Balaban J connectivity index is 1.98. The van der Waals surface area contributed by atoms with Crippen LogP contribution >= 0.6 is 0 Å². The van der Waals surface area contributed by atoms with Crippen molar-refractivity contribution in [2.24, 2.45) is 5.73 Å². The van der Waals surface area contributed by atoms with Crippen LogP contribution in [0.1, 0.15) is 29.0 Å². The highest BCUT2D eigenvalue weighted by atomic mass is 16.3. The summed E-state index contributed by atoms with van der Waals surface area (Å²) in [6.45, 7) is 0.612. The molecule has 1 heterocycles. The highest BCUT2D eigenvalue weighted by Crippen LogP contribution is 2.35. The zero-order chi connectivity index (χ0) is 14.1. The lowest BCUT2D eigenvalue weighted by molar-refractivity contribution is 0.100. The molecule has 0 atom stereocenters. The summed E-state index contributed by atoms with van der Waals surface area (Å²) in [5.74, 6) is 0.417. The van der Waals surface area contributed by atoms with E-state index in [9.17, 15) is 4.79 Å². The molecule has 4 N–H and O–H groups in total. The number of primary amides is 1. The molecule has 1 amide bonds. The summed E-state index contributed by atoms with van der Waals surface area (Å²) in [7, 11) is 0. The molecule has 3 rings (SSSR count). The maximum atomic E-state index is 11.6. The molecule has 0 radical (unpaired) electrons. The molecule has 1 aromatic carbocycles. The van der Waals surface area contributed by atoms with Gasteiger partial charge < -0.3 is 20.8 Å². The van der Waals surface area contributed by atoms with Crippen molar-refractivity contribution < 1.29 is 9.21 Å². The Morgan fingerprint density at radius 2 is 2.15 bits per heavy atom. The molecule has 1 fully saturated rings. The second-order valence-electron chi connectivity index (χ2n) is 5.08. The van der Waals surface area contributed by atoms with Crippen molar-refractivity contribution >= 4 is 17.3 Å². The molecular formula is C15H17N3O2. The maximum Gasteiger partial charge on any atom is 0.250 e. The van der Waals surface area contributed by atoms with Gasteiger partial charge in [0.15, 0.2) is 0 Å². The van der Waals surface area contributed by atoms with Gasteiger partial charge in [0.1, 0.15) is 5.76 Å². The van der Waals surface area contributed by atoms with Crippen LogP contribution in [-0.2, 0) is 6.54 Å². The number of anilines is 2. The van der Waals surface area contributed by atoms with Gasteiger partial charge in [-0.3, -0.25) is 4.79 Å². The average molecular weight is 271 g/mol. The van der Waals surface area contributed by atoms with Crippen molar-refractivity contribution in [3.63, 3.8) is 0 Å². The maximum absolute atomic E-state index is 11.6. The van der Waals surface area contributed by atoms with Gasteiger partial charge in [-0.25, -0.2) is 0 Å². The first-order chi connectivity index (χ1) is 9.65. The predicted molar refractivity (Wildman–Crippen MR) is 77.3 cm³/mol. The minimum atomic E-state index is -0.440. The summed E-state index contributed by atoms with van der Waals surface area (Å²) in [4.78, 5) is 13.8. The van der Waals surface area contributed by atoms with Crippen molar-refractivity contribution in [2.45, 2.75) is 25.4 Å². The fourth-order valence-corrected chi connectivity index (χ4v) is 2.36. The predicted octanol–water partition coefficient (Wildman–Crippen LogP) is 2.13. The summed E-state index contributed by atoms with van der Waals surface area (Å²) >= 11 is 0. The van der Waals surface area contributed by atoms with E-state index in [4.69, 9.17) is 15.9 Å². The third-order valence-corrected chi connectivity index (χ3v) is 3.49. The van der Waals surface area contributed by atoms with Crippen LogP contribution in [0, 0.1) is 0 Å². The van der Waals surface area contributed by atoms with Gasteiger partial charge in [-0.05, 0) is 43.2 Å². The van der Waals surface area contributed by atoms with Crippen molar-refractivity contribution in [1.82, 2.24) is 0 Å². The summed E-state index contributed by atoms with van der Waals surface area (Å²) in [6, 6.07) is 9.38. The molecule has 0 saturated heterocycles. The van der Waals surface area contributed by atoms with E-state index in [0.29, 0.717) is 23.8 Å². The van der Waals surface area contributed by atoms with Crippen LogP contribution in [0.5, 0.6) is 0 Å².